The lowest BCUT2D eigenvalue weighted by atomic mass is 10.2. The third kappa shape index (κ3) is 3.80. The van der Waals surface area contributed by atoms with Crippen LogP contribution in [0.5, 0.6) is 5.75 Å². The van der Waals surface area contributed by atoms with Gasteiger partial charge in [-0.1, -0.05) is 24.3 Å². The van der Waals surface area contributed by atoms with Gasteiger partial charge >= 0.3 is 0 Å². The molecule has 142 valence electrons. The van der Waals surface area contributed by atoms with Gasteiger partial charge in [-0.3, -0.25) is 4.79 Å². The molecule has 1 aromatic heterocycles. The van der Waals surface area contributed by atoms with Gasteiger partial charge in [0.2, 0.25) is 0 Å². The molecule has 1 heterocycles. The van der Waals surface area contributed by atoms with E-state index < -0.39 is 0 Å². The van der Waals surface area contributed by atoms with Gasteiger partial charge in [-0.05, 0) is 48.5 Å². The van der Waals surface area contributed by atoms with Gasteiger partial charge in [-0.2, -0.15) is 5.26 Å². The van der Waals surface area contributed by atoms with Crippen LogP contribution in [0.25, 0.3) is 22.4 Å². The van der Waals surface area contributed by atoms with Crippen LogP contribution in [0.15, 0.2) is 72.8 Å². The first-order valence-electron chi connectivity index (χ1n) is 9.09. The van der Waals surface area contributed by atoms with Crippen molar-refractivity contribution in [3.63, 3.8) is 0 Å². The number of aryl methyl sites for hydroxylation is 1. The summed E-state index contributed by atoms with van der Waals surface area (Å²) in [6, 6.07) is 24.3. The molecule has 1 N–H and O–H groups in total. The second-order valence-corrected chi connectivity index (χ2v) is 6.51. The van der Waals surface area contributed by atoms with Crippen molar-refractivity contribution in [3.8, 4) is 23.2 Å². The highest BCUT2D eigenvalue weighted by Gasteiger charge is 2.10. The molecule has 6 nitrogen and oxygen atoms in total. The summed E-state index contributed by atoms with van der Waals surface area (Å²) in [6.07, 6.45) is 0. The van der Waals surface area contributed by atoms with Crippen molar-refractivity contribution in [3.05, 3.63) is 78.4 Å². The number of ether oxygens (including phenoxy) is 1. The minimum absolute atomic E-state index is 0.175. The Labute approximate surface area is 168 Å². The lowest BCUT2D eigenvalue weighted by Crippen LogP contribution is -2.20. The number of benzene rings is 3. The molecule has 0 atom stereocenters. The SMILES string of the molecule is Cn1c(-c2ccc(NC(=O)COc3ccccc3C#N)cc2)nc2ccccc21. The zero-order valence-electron chi connectivity index (χ0n) is 15.8. The predicted molar refractivity (Wildman–Crippen MR) is 111 cm³/mol. The van der Waals surface area contributed by atoms with Gasteiger partial charge in [0.15, 0.2) is 6.61 Å². The summed E-state index contributed by atoms with van der Waals surface area (Å²) in [5, 5.41) is 11.9. The summed E-state index contributed by atoms with van der Waals surface area (Å²) in [5.41, 5.74) is 4.02. The molecule has 0 unspecified atom stereocenters. The molecule has 3 aromatic carbocycles. The van der Waals surface area contributed by atoms with Gasteiger partial charge < -0.3 is 14.6 Å². The normalized spacial score (nSPS) is 10.5. The van der Waals surface area contributed by atoms with Crippen molar-refractivity contribution >= 4 is 22.6 Å². The fourth-order valence-corrected chi connectivity index (χ4v) is 3.13. The highest BCUT2D eigenvalue weighted by Crippen LogP contribution is 2.24. The van der Waals surface area contributed by atoms with Crippen LogP contribution in [-0.2, 0) is 11.8 Å². The van der Waals surface area contributed by atoms with Crippen LogP contribution in [-0.4, -0.2) is 22.1 Å². The van der Waals surface area contributed by atoms with Crippen LogP contribution < -0.4 is 10.1 Å². The molecule has 0 aliphatic heterocycles. The number of hydrogen-bond acceptors (Lipinski definition) is 4. The van der Waals surface area contributed by atoms with Crippen molar-refractivity contribution in [2.75, 3.05) is 11.9 Å². The average molecular weight is 382 g/mol. The Bertz CT molecular complexity index is 1220. The molecule has 4 rings (SSSR count). The second-order valence-electron chi connectivity index (χ2n) is 6.51. The summed E-state index contributed by atoms with van der Waals surface area (Å²) in [4.78, 5) is 16.9. The molecular formula is C23H18N4O2. The summed E-state index contributed by atoms with van der Waals surface area (Å²) in [6.45, 7) is -0.175. The Kier molecular flexibility index (Phi) is 4.95. The largest absolute Gasteiger partial charge is 0.482 e. The van der Waals surface area contributed by atoms with Gasteiger partial charge in [-0.25, -0.2) is 4.98 Å². The monoisotopic (exact) mass is 382 g/mol. The highest BCUT2D eigenvalue weighted by atomic mass is 16.5. The number of nitrogens with one attached hydrogen (secondary N) is 1. The molecule has 0 fully saturated rings. The number of carbonyl (C=O) groups excluding carboxylic acids is 1. The Balaban J connectivity index is 1.43. The van der Waals surface area contributed by atoms with Crippen molar-refractivity contribution in [1.82, 2.24) is 9.55 Å². The van der Waals surface area contributed by atoms with Crippen LogP contribution in [0.1, 0.15) is 5.56 Å². The van der Waals surface area contributed by atoms with E-state index in [1.165, 1.54) is 0 Å². The molecule has 0 aliphatic rings. The molecule has 1 amide bonds. The van der Waals surface area contributed by atoms with Crippen LogP contribution in [0.2, 0.25) is 0 Å². The summed E-state index contributed by atoms with van der Waals surface area (Å²) in [5.74, 6) is 0.955. The Morgan fingerprint density at radius 2 is 1.79 bits per heavy atom. The topological polar surface area (TPSA) is 79.9 Å². The zero-order chi connectivity index (χ0) is 20.2. The standard InChI is InChI=1S/C23H18N4O2/c1-27-20-8-4-3-7-19(20)26-23(27)16-10-12-18(13-11-16)25-22(28)15-29-21-9-5-2-6-17(21)14-24/h2-13H,15H2,1H3,(H,25,28). The number of anilines is 1. The molecule has 0 radical (unpaired) electrons. The van der Waals surface area contributed by atoms with Gasteiger partial charge in [0.25, 0.3) is 5.91 Å². The smallest absolute Gasteiger partial charge is 0.262 e. The number of hydrogen-bond donors (Lipinski definition) is 1. The third-order valence-corrected chi connectivity index (χ3v) is 4.58. The summed E-state index contributed by atoms with van der Waals surface area (Å²) < 4.78 is 7.50. The van der Waals surface area contributed by atoms with E-state index in [1.807, 2.05) is 66.2 Å². The number of imidazole rings is 1. The van der Waals surface area contributed by atoms with E-state index >= 15 is 0 Å². The minimum Gasteiger partial charge on any atom is -0.482 e. The maximum Gasteiger partial charge on any atom is 0.262 e. The zero-order valence-corrected chi connectivity index (χ0v) is 15.8. The fraction of sp³-hybridized carbons (Fsp3) is 0.0870. The van der Waals surface area contributed by atoms with Crippen LogP contribution in [0.4, 0.5) is 5.69 Å². The molecule has 0 bridgehead atoms. The Morgan fingerprint density at radius 1 is 1.07 bits per heavy atom. The molecule has 4 aromatic rings. The van der Waals surface area contributed by atoms with Gasteiger partial charge in [0, 0.05) is 18.3 Å². The lowest BCUT2D eigenvalue weighted by Gasteiger charge is -2.09. The van der Waals surface area contributed by atoms with E-state index in [2.05, 4.69) is 10.3 Å². The third-order valence-electron chi connectivity index (χ3n) is 4.58. The second kappa shape index (κ2) is 7.87. The van der Waals surface area contributed by atoms with E-state index in [-0.39, 0.29) is 12.5 Å². The minimum atomic E-state index is -0.298. The van der Waals surface area contributed by atoms with Crippen LogP contribution >= 0.6 is 0 Å². The first-order valence-corrected chi connectivity index (χ1v) is 9.09. The summed E-state index contributed by atoms with van der Waals surface area (Å²) in [7, 11) is 1.98. The molecule has 29 heavy (non-hydrogen) atoms. The Hall–Kier alpha value is -4.11. The fourth-order valence-electron chi connectivity index (χ4n) is 3.13. The number of amides is 1. The highest BCUT2D eigenvalue weighted by molar-refractivity contribution is 5.92. The average Bonchev–Trinajstić information content (AvgIpc) is 3.10. The Morgan fingerprint density at radius 3 is 2.55 bits per heavy atom. The number of para-hydroxylation sites is 3. The van der Waals surface area contributed by atoms with Crippen molar-refractivity contribution in [2.45, 2.75) is 0 Å². The quantitative estimate of drug-likeness (QED) is 0.563. The van der Waals surface area contributed by atoms with Crippen LogP contribution in [0, 0.1) is 11.3 Å². The number of nitriles is 1. The van der Waals surface area contributed by atoms with Crippen LogP contribution in [0.3, 0.4) is 0 Å². The predicted octanol–water partition coefficient (Wildman–Crippen LogP) is 4.13. The first-order chi connectivity index (χ1) is 14.2. The number of carbonyl (C=O) groups is 1. The molecular weight excluding hydrogens is 364 g/mol. The number of fused-ring (bicyclic) bond motifs is 1. The van der Waals surface area contributed by atoms with Crippen molar-refractivity contribution in [2.24, 2.45) is 7.05 Å². The first kappa shape index (κ1) is 18.3. The summed E-state index contributed by atoms with van der Waals surface area (Å²) >= 11 is 0. The molecule has 0 saturated heterocycles. The van der Waals surface area contributed by atoms with E-state index in [1.54, 1.807) is 24.3 Å². The molecule has 6 heteroatoms. The lowest BCUT2D eigenvalue weighted by molar-refractivity contribution is -0.118. The van der Waals surface area contributed by atoms with E-state index in [4.69, 9.17) is 10.00 Å². The molecule has 0 aliphatic carbocycles. The van der Waals surface area contributed by atoms with Crippen molar-refractivity contribution in [1.29, 1.82) is 5.26 Å². The van der Waals surface area contributed by atoms with Crippen molar-refractivity contribution < 1.29 is 9.53 Å². The molecule has 0 saturated carbocycles. The van der Waals surface area contributed by atoms with Gasteiger partial charge in [0.05, 0.1) is 16.6 Å². The maximum atomic E-state index is 12.2. The number of rotatable bonds is 5. The van der Waals surface area contributed by atoms with E-state index in [9.17, 15) is 4.79 Å². The number of nitrogens with zero attached hydrogens (tertiary/aromatic N) is 3. The molecule has 0 spiro atoms. The number of aromatic nitrogens is 2. The van der Waals surface area contributed by atoms with E-state index in [0.717, 1.165) is 22.4 Å². The maximum absolute atomic E-state index is 12.2. The van der Waals surface area contributed by atoms with Gasteiger partial charge in [-0.15, -0.1) is 0 Å². The van der Waals surface area contributed by atoms with Gasteiger partial charge in [0.1, 0.15) is 17.6 Å². The van der Waals surface area contributed by atoms with E-state index in [0.29, 0.717) is 17.0 Å².